The summed E-state index contributed by atoms with van der Waals surface area (Å²) >= 11 is 5.93. The van der Waals surface area contributed by atoms with Crippen molar-refractivity contribution < 1.29 is 14.3 Å². The number of thioether (sulfide) groups is 1. The summed E-state index contributed by atoms with van der Waals surface area (Å²) in [4.78, 5) is 23.4. The maximum absolute atomic E-state index is 12.0. The van der Waals surface area contributed by atoms with E-state index < -0.39 is 11.2 Å². The topological polar surface area (TPSA) is 105 Å². The molecule has 7 nitrogen and oxygen atoms in total. The molecule has 0 radical (unpaired) electrons. The molecule has 0 unspecified atom stereocenters. The highest BCUT2D eigenvalue weighted by Gasteiger charge is 2.09. The lowest BCUT2D eigenvalue weighted by Crippen LogP contribution is -2.07. The fourth-order valence-corrected chi connectivity index (χ4v) is 3.96. The van der Waals surface area contributed by atoms with Crippen LogP contribution < -0.4 is 10.7 Å². The third-order valence-electron chi connectivity index (χ3n) is 3.16. The summed E-state index contributed by atoms with van der Waals surface area (Å²) in [6.07, 6.45) is 4.11. The van der Waals surface area contributed by atoms with Gasteiger partial charge in [-0.25, -0.2) is 0 Å². The molecule has 0 saturated heterocycles. The van der Waals surface area contributed by atoms with Crippen molar-refractivity contribution in [3.05, 3.63) is 68.7 Å². The zero-order valence-electron chi connectivity index (χ0n) is 13.6. The van der Waals surface area contributed by atoms with Crippen molar-refractivity contribution in [2.24, 2.45) is 0 Å². The zero-order valence-corrected chi connectivity index (χ0v) is 16.8. The van der Waals surface area contributed by atoms with E-state index in [2.05, 4.69) is 31.4 Å². The van der Waals surface area contributed by atoms with Gasteiger partial charge in [-0.05, 0) is 17.7 Å². The second-order valence-corrected chi connectivity index (χ2v) is 8.16. The molecule has 27 heavy (non-hydrogen) atoms. The van der Waals surface area contributed by atoms with E-state index in [0.717, 1.165) is 16.3 Å². The molecule has 2 heterocycles. The largest absolute Gasteiger partial charge is 0.502 e. The summed E-state index contributed by atoms with van der Waals surface area (Å²) in [5, 5.41) is 20.1. The number of hydrogen-bond donors (Lipinski definition) is 2. The lowest BCUT2D eigenvalue weighted by molar-refractivity contribution is -0.111. The van der Waals surface area contributed by atoms with Crippen LogP contribution in [0.2, 0.25) is 0 Å². The summed E-state index contributed by atoms with van der Waals surface area (Å²) in [6, 6.07) is 8.77. The second kappa shape index (κ2) is 8.98. The Hall–Kier alpha value is -2.43. The Morgan fingerprint density at radius 2 is 2.19 bits per heavy atom. The number of nitrogens with zero attached hydrogens (tertiary/aromatic N) is 2. The van der Waals surface area contributed by atoms with Gasteiger partial charge in [-0.1, -0.05) is 57.2 Å². The van der Waals surface area contributed by atoms with Crippen LogP contribution in [-0.2, 0) is 10.5 Å². The highest BCUT2D eigenvalue weighted by molar-refractivity contribution is 9.10. The van der Waals surface area contributed by atoms with E-state index in [0.29, 0.717) is 21.0 Å². The Morgan fingerprint density at radius 1 is 1.37 bits per heavy atom. The molecule has 10 heteroatoms. The van der Waals surface area contributed by atoms with Gasteiger partial charge in [0.1, 0.15) is 12.0 Å². The molecule has 2 aromatic heterocycles. The number of amides is 1. The van der Waals surface area contributed by atoms with Gasteiger partial charge in [0.25, 0.3) is 0 Å². The summed E-state index contributed by atoms with van der Waals surface area (Å²) < 4.78 is 6.62. The highest BCUT2D eigenvalue weighted by Crippen LogP contribution is 2.28. The summed E-state index contributed by atoms with van der Waals surface area (Å²) in [5.41, 5.74) is 0.385. The van der Waals surface area contributed by atoms with Crippen molar-refractivity contribution in [1.82, 2.24) is 10.2 Å². The molecule has 0 fully saturated rings. The van der Waals surface area contributed by atoms with Gasteiger partial charge in [0.15, 0.2) is 10.1 Å². The first-order valence-electron chi connectivity index (χ1n) is 7.52. The lowest BCUT2D eigenvalue weighted by atomic mass is 10.2. The van der Waals surface area contributed by atoms with Crippen LogP contribution in [0.4, 0.5) is 5.13 Å². The highest BCUT2D eigenvalue weighted by atomic mass is 79.9. The fourth-order valence-electron chi connectivity index (χ4n) is 1.89. The molecule has 0 bridgehead atoms. The molecule has 3 rings (SSSR count). The van der Waals surface area contributed by atoms with Gasteiger partial charge in [0.05, 0.1) is 5.75 Å². The average molecular weight is 466 g/mol. The van der Waals surface area contributed by atoms with Crippen molar-refractivity contribution in [2.75, 3.05) is 5.32 Å². The van der Waals surface area contributed by atoms with Gasteiger partial charge in [-0.15, -0.1) is 10.2 Å². The molecule has 0 aliphatic heterocycles. The molecule has 0 aliphatic carbocycles. The van der Waals surface area contributed by atoms with Crippen LogP contribution in [0.3, 0.4) is 0 Å². The van der Waals surface area contributed by atoms with Crippen LogP contribution in [0.25, 0.3) is 6.08 Å². The normalized spacial score (nSPS) is 11.0. The van der Waals surface area contributed by atoms with Crippen molar-refractivity contribution in [1.29, 1.82) is 0 Å². The molecular formula is C17H12BrN3O4S2. The first-order valence-corrected chi connectivity index (χ1v) is 10.1. The van der Waals surface area contributed by atoms with E-state index in [9.17, 15) is 9.59 Å². The molecule has 0 atom stereocenters. The van der Waals surface area contributed by atoms with Crippen LogP contribution in [0, 0.1) is 0 Å². The Balaban J connectivity index is 1.55. The van der Waals surface area contributed by atoms with E-state index in [1.165, 1.54) is 35.2 Å². The van der Waals surface area contributed by atoms with E-state index >= 15 is 0 Å². The van der Waals surface area contributed by atoms with Crippen LogP contribution >= 0.6 is 39.0 Å². The molecular weight excluding hydrogens is 454 g/mol. The summed E-state index contributed by atoms with van der Waals surface area (Å²) in [7, 11) is 0. The van der Waals surface area contributed by atoms with Gasteiger partial charge >= 0.3 is 0 Å². The quantitative estimate of drug-likeness (QED) is 0.323. The number of nitrogens with one attached hydrogen (secondary N) is 1. The van der Waals surface area contributed by atoms with Crippen molar-refractivity contribution >= 4 is 56.1 Å². The molecule has 0 saturated carbocycles. The van der Waals surface area contributed by atoms with Crippen molar-refractivity contribution in [2.45, 2.75) is 10.1 Å². The first-order chi connectivity index (χ1) is 13.0. The number of aromatic nitrogens is 2. The Morgan fingerprint density at radius 3 is 2.96 bits per heavy atom. The SMILES string of the molecule is O=C(/C=C/c1ccccc1Br)Nc1nnc(SCc2cc(=O)c(O)co2)s1. The number of hydrogen-bond acceptors (Lipinski definition) is 8. The van der Waals surface area contributed by atoms with Gasteiger partial charge in [0, 0.05) is 16.6 Å². The minimum absolute atomic E-state index is 0.317. The molecule has 0 aliphatic rings. The Bertz CT molecular complexity index is 1050. The minimum Gasteiger partial charge on any atom is -0.502 e. The van der Waals surface area contributed by atoms with E-state index in [1.54, 1.807) is 6.08 Å². The van der Waals surface area contributed by atoms with Crippen LogP contribution in [0.5, 0.6) is 5.75 Å². The maximum atomic E-state index is 12.0. The lowest BCUT2D eigenvalue weighted by Gasteiger charge is -1.98. The van der Waals surface area contributed by atoms with Crippen LogP contribution in [0.1, 0.15) is 11.3 Å². The number of halogens is 1. The zero-order chi connectivity index (χ0) is 19.2. The number of aromatic hydroxyl groups is 1. The molecule has 0 spiro atoms. The van der Waals surface area contributed by atoms with E-state index in [4.69, 9.17) is 9.52 Å². The molecule has 1 amide bonds. The molecule has 3 aromatic rings. The van der Waals surface area contributed by atoms with E-state index in [-0.39, 0.29) is 5.91 Å². The fraction of sp³-hybridized carbons (Fsp3) is 0.0588. The monoisotopic (exact) mass is 465 g/mol. The Labute approximate surface area is 170 Å². The number of benzene rings is 1. The summed E-state index contributed by atoms with van der Waals surface area (Å²) in [5.74, 6) is 0.00299. The second-order valence-electron chi connectivity index (χ2n) is 5.10. The predicted octanol–water partition coefficient (Wildman–Crippen LogP) is 3.90. The Kier molecular flexibility index (Phi) is 6.43. The standard InChI is InChI=1S/C17H12BrN3O4S2/c18-12-4-2-1-3-10(12)5-6-15(24)19-16-20-21-17(27-16)26-9-11-7-13(22)14(23)8-25-11/h1-8,23H,9H2,(H,19,20,24)/b6-5+. The van der Waals surface area contributed by atoms with Crippen LogP contribution in [-0.4, -0.2) is 21.2 Å². The molecule has 2 N–H and O–H groups in total. The third kappa shape index (κ3) is 5.52. The van der Waals surface area contributed by atoms with Gasteiger partial charge in [-0.3, -0.25) is 14.9 Å². The minimum atomic E-state index is -0.501. The van der Waals surface area contributed by atoms with Crippen molar-refractivity contribution in [3.8, 4) is 5.75 Å². The van der Waals surface area contributed by atoms with Gasteiger partial charge in [-0.2, -0.15) is 0 Å². The number of rotatable bonds is 6. The first kappa shape index (κ1) is 19.3. The number of anilines is 1. The number of carbonyl (C=O) groups excluding carboxylic acids is 1. The maximum Gasteiger partial charge on any atom is 0.250 e. The van der Waals surface area contributed by atoms with Gasteiger partial charge < -0.3 is 9.52 Å². The van der Waals surface area contributed by atoms with Crippen molar-refractivity contribution in [3.63, 3.8) is 0 Å². The molecule has 1 aromatic carbocycles. The predicted molar refractivity (Wildman–Crippen MR) is 108 cm³/mol. The molecule has 138 valence electrons. The average Bonchev–Trinajstić information content (AvgIpc) is 3.09. The third-order valence-corrected chi connectivity index (χ3v) is 5.88. The van der Waals surface area contributed by atoms with Crippen LogP contribution in [0.15, 0.2) is 60.7 Å². The number of carbonyl (C=O) groups is 1. The van der Waals surface area contributed by atoms with E-state index in [1.807, 2.05) is 24.3 Å². The smallest absolute Gasteiger partial charge is 0.250 e. The summed E-state index contributed by atoms with van der Waals surface area (Å²) in [6.45, 7) is 0. The van der Waals surface area contributed by atoms with Gasteiger partial charge in [0.2, 0.25) is 16.5 Å².